The summed E-state index contributed by atoms with van der Waals surface area (Å²) in [7, 11) is 0. The van der Waals surface area contributed by atoms with Gasteiger partial charge in [-0.2, -0.15) is 0 Å². The summed E-state index contributed by atoms with van der Waals surface area (Å²) in [5.41, 5.74) is 0. The number of hydrogen-bond donors (Lipinski definition) is 2. The van der Waals surface area contributed by atoms with Crippen LogP contribution in [0.5, 0.6) is 5.88 Å². The van der Waals surface area contributed by atoms with Crippen LogP contribution in [0.25, 0.3) is 0 Å². The van der Waals surface area contributed by atoms with Gasteiger partial charge in [0.2, 0.25) is 5.88 Å². The molecule has 1 saturated carbocycles. The molecule has 0 unspecified atom stereocenters. The first kappa shape index (κ1) is 11.3. The minimum absolute atomic E-state index is 0.198. The topological polar surface area (TPSA) is 67.3 Å². The molecular formula is C11H17N3O2. The van der Waals surface area contributed by atoms with E-state index in [9.17, 15) is 5.11 Å². The summed E-state index contributed by atoms with van der Waals surface area (Å²) in [6, 6.07) is 0.227. The molecule has 0 bridgehead atoms. The molecule has 1 fully saturated rings. The first-order valence-electron chi connectivity index (χ1n) is 5.66. The van der Waals surface area contributed by atoms with E-state index >= 15 is 0 Å². The summed E-state index contributed by atoms with van der Waals surface area (Å²) >= 11 is 0. The number of aliphatic hydroxyl groups excluding tert-OH is 1. The number of nitrogens with one attached hydrogen (secondary N) is 1. The predicted octanol–water partition coefficient (Wildman–Crippen LogP) is 0.358. The Labute approximate surface area is 94.9 Å². The van der Waals surface area contributed by atoms with Gasteiger partial charge in [-0.1, -0.05) is 0 Å². The Morgan fingerprint density at radius 1 is 1.44 bits per heavy atom. The lowest BCUT2D eigenvalue weighted by molar-refractivity contribution is 0.146. The largest absolute Gasteiger partial charge is 0.475 e. The first-order valence-corrected chi connectivity index (χ1v) is 5.66. The lowest BCUT2D eigenvalue weighted by Gasteiger charge is -2.16. The van der Waals surface area contributed by atoms with E-state index in [0.717, 1.165) is 25.8 Å². The molecular weight excluding hydrogens is 206 g/mol. The number of aliphatic hydroxyl groups is 1. The van der Waals surface area contributed by atoms with Crippen LogP contribution in [0, 0.1) is 0 Å². The van der Waals surface area contributed by atoms with Gasteiger partial charge in [0.1, 0.15) is 6.61 Å². The molecule has 2 N–H and O–H groups in total. The third kappa shape index (κ3) is 3.15. The first-order chi connectivity index (χ1) is 7.86. The van der Waals surface area contributed by atoms with E-state index in [1.807, 2.05) is 0 Å². The molecule has 2 rings (SSSR count). The third-order valence-electron chi connectivity index (χ3n) is 2.78. The standard InChI is InChI=1S/C11H17N3O2/c15-10-3-1-2-9(10)13-6-7-16-11-8-12-4-5-14-11/h4-5,8-10,13,15H,1-3,6-7H2/t9-,10-/m1/s1. The highest BCUT2D eigenvalue weighted by Crippen LogP contribution is 2.18. The summed E-state index contributed by atoms with van der Waals surface area (Å²) < 4.78 is 5.38. The van der Waals surface area contributed by atoms with Crippen LogP contribution in [0.3, 0.4) is 0 Å². The van der Waals surface area contributed by atoms with E-state index in [1.54, 1.807) is 18.6 Å². The van der Waals surface area contributed by atoms with Gasteiger partial charge in [-0.15, -0.1) is 0 Å². The fourth-order valence-electron chi connectivity index (χ4n) is 1.94. The average Bonchev–Trinajstić information content (AvgIpc) is 2.72. The second-order valence-corrected chi connectivity index (χ2v) is 3.95. The molecule has 1 aliphatic rings. The van der Waals surface area contributed by atoms with Crippen molar-refractivity contribution in [2.24, 2.45) is 0 Å². The Bertz CT molecular complexity index is 307. The Balaban J connectivity index is 1.62. The fraction of sp³-hybridized carbons (Fsp3) is 0.636. The van der Waals surface area contributed by atoms with Crippen LogP contribution in [0.4, 0.5) is 0 Å². The molecule has 1 aromatic rings. The van der Waals surface area contributed by atoms with Crippen molar-refractivity contribution >= 4 is 0 Å². The van der Waals surface area contributed by atoms with E-state index in [1.165, 1.54) is 0 Å². The van der Waals surface area contributed by atoms with Crippen molar-refractivity contribution < 1.29 is 9.84 Å². The molecule has 5 heteroatoms. The van der Waals surface area contributed by atoms with Crippen LogP contribution in [0.2, 0.25) is 0 Å². The van der Waals surface area contributed by atoms with Crippen molar-refractivity contribution in [1.29, 1.82) is 0 Å². The number of nitrogens with zero attached hydrogens (tertiary/aromatic N) is 2. The Kier molecular flexibility index (Phi) is 4.07. The number of rotatable bonds is 5. The van der Waals surface area contributed by atoms with Gasteiger partial charge >= 0.3 is 0 Å². The van der Waals surface area contributed by atoms with Gasteiger partial charge in [0, 0.05) is 25.0 Å². The van der Waals surface area contributed by atoms with Gasteiger partial charge in [0.05, 0.1) is 12.3 Å². The zero-order valence-corrected chi connectivity index (χ0v) is 9.17. The summed E-state index contributed by atoms with van der Waals surface area (Å²) in [5, 5.41) is 12.9. The summed E-state index contributed by atoms with van der Waals surface area (Å²) in [5.74, 6) is 0.538. The molecule has 1 heterocycles. The highest BCUT2D eigenvalue weighted by atomic mass is 16.5. The SMILES string of the molecule is O[C@@H]1CCC[C@H]1NCCOc1cnccn1. The van der Waals surface area contributed by atoms with E-state index < -0.39 is 0 Å². The maximum absolute atomic E-state index is 9.58. The van der Waals surface area contributed by atoms with Crippen molar-refractivity contribution in [3.63, 3.8) is 0 Å². The van der Waals surface area contributed by atoms with Crippen LogP contribution in [0.15, 0.2) is 18.6 Å². The minimum atomic E-state index is -0.198. The fourth-order valence-corrected chi connectivity index (χ4v) is 1.94. The maximum atomic E-state index is 9.58. The zero-order valence-electron chi connectivity index (χ0n) is 9.17. The molecule has 0 aromatic carbocycles. The van der Waals surface area contributed by atoms with E-state index in [0.29, 0.717) is 12.5 Å². The normalized spacial score (nSPS) is 24.6. The Morgan fingerprint density at radius 3 is 3.06 bits per heavy atom. The van der Waals surface area contributed by atoms with Gasteiger partial charge in [-0.25, -0.2) is 4.98 Å². The average molecular weight is 223 g/mol. The van der Waals surface area contributed by atoms with Gasteiger partial charge in [0.15, 0.2) is 0 Å². The molecule has 1 aliphatic carbocycles. The third-order valence-corrected chi connectivity index (χ3v) is 2.78. The van der Waals surface area contributed by atoms with Crippen LogP contribution in [0.1, 0.15) is 19.3 Å². The highest BCUT2D eigenvalue weighted by molar-refractivity contribution is 5.00. The predicted molar refractivity (Wildman–Crippen MR) is 59.2 cm³/mol. The number of ether oxygens (including phenoxy) is 1. The van der Waals surface area contributed by atoms with E-state index in [2.05, 4.69) is 15.3 Å². The number of aromatic nitrogens is 2. The molecule has 0 radical (unpaired) electrons. The van der Waals surface area contributed by atoms with Gasteiger partial charge in [-0.3, -0.25) is 4.98 Å². The number of hydrogen-bond acceptors (Lipinski definition) is 5. The smallest absolute Gasteiger partial charge is 0.232 e. The molecule has 0 saturated heterocycles. The zero-order chi connectivity index (χ0) is 11.2. The Morgan fingerprint density at radius 2 is 2.38 bits per heavy atom. The molecule has 0 aliphatic heterocycles. The molecule has 88 valence electrons. The lowest BCUT2D eigenvalue weighted by atomic mass is 10.2. The molecule has 5 nitrogen and oxygen atoms in total. The minimum Gasteiger partial charge on any atom is -0.475 e. The van der Waals surface area contributed by atoms with E-state index in [-0.39, 0.29) is 12.1 Å². The monoisotopic (exact) mass is 223 g/mol. The van der Waals surface area contributed by atoms with Crippen LogP contribution in [-0.4, -0.2) is 40.4 Å². The molecule has 16 heavy (non-hydrogen) atoms. The van der Waals surface area contributed by atoms with Crippen molar-refractivity contribution in [3.8, 4) is 5.88 Å². The van der Waals surface area contributed by atoms with Crippen LogP contribution in [-0.2, 0) is 0 Å². The van der Waals surface area contributed by atoms with Gasteiger partial charge < -0.3 is 15.2 Å². The van der Waals surface area contributed by atoms with Crippen molar-refractivity contribution in [1.82, 2.24) is 15.3 Å². The second kappa shape index (κ2) is 5.77. The molecule has 2 atom stereocenters. The quantitative estimate of drug-likeness (QED) is 0.705. The van der Waals surface area contributed by atoms with Crippen LogP contribution < -0.4 is 10.1 Å². The molecule has 0 amide bonds. The summed E-state index contributed by atoms with van der Waals surface area (Å²) in [4.78, 5) is 7.91. The van der Waals surface area contributed by atoms with Crippen molar-refractivity contribution in [2.75, 3.05) is 13.2 Å². The van der Waals surface area contributed by atoms with Gasteiger partial charge in [0.25, 0.3) is 0 Å². The Hall–Kier alpha value is -1.20. The van der Waals surface area contributed by atoms with E-state index in [4.69, 9.17) is 4.74 Å². The lowest BCUT2D eigenvalue weighted by Crippen LogP contribution is -2.37. The molecule has 1 aromatic heterocycles. The summed E-state index contributed by atoms with van der Waals surface area (Å²) in [6.07, 6.45) is 7.66. The van der Waals surface area contributed by atoms with Crippen LogP contribution >= 0.6 is 0 Å². The summed E-state index contributed by atoms with van der Waals surface area (Å²) in [6.45, 7) is 1.26. The van der Waals surface area contributed by atoms with Crippen molar-refractivity contribution in [3.05, 3.63) is 18.6 Å². The van der Waals surface area contributed by atoms with Gasteiger partial charge in [-0.05, 0) is 19.3 Å². The van der Waals surface area contributed by atoms with Crippen molar-refractivity contribution in [2.45, 2.75) is 31.4 Å². The highest BCUT2D eigenvalue weighted by Gasteiger charge is 2.23. The molecule has 0 spiro atoms. The maximum Gasteiger partial charge on any atom is 0.232 e. The second-order valence-electron chi connectivity index (χ2n) is 3.95.